The highest BCUT2D eigenvalue weighted by molar-refractivity contribution is 5.89. The molecule has 0 radical (unpaired) electrons. The minimum atomic E-state index is -0.879. The van der Waals surface area contributed by atoms with Gasteiger partial charge in [-0.05, 0) is 56.9 Å². The van der Waals surface area contributed by atoms with Gasteiger partial charge in [-0.2, -0.15) is 0 Å². The van der Waals surface area contributed by atoms with Gasteiger partial charge in [-0.1, -0.05) is 48.5 Å². The van der Waals surface area contributed by atoms with E-state index in [2.05, 4.69) is 22.8 Å². The normalized spacial score (nSPS) is 14.5. The first-order valence-electron chi connectivity index (χ1n) is 10.7. The van der Waals surface area contributed by atoms with E-state index < -0.39 is 35.7 Å². The summed E-state index contributed by atoms with van der Waals surface area (Å²) < 4.78 is 10.7. The summed E-state index contributed by atoms with van der Waals surface area (Å²) in [5.74, 6) is -1.11. The molecule has 1 aliphatic carbocycles. The van der Waals surface area contributed by atoms with Crippen molar-refractivity contribution in [2.75, 3.05) is 6.61 Å². The van der Waals surface area contributed by atoms with Crippen molar-refractivity contribution in [3.63, 3.8) is 0 Å². The highest BCUT2D eigenvalue weighted by Gasteiger charge is 2.30. The van der Waals surface area contributed by atoms with Gasteiger partial charge in [0.05, 0.1) is 0 Å². The number of benzene rings is 2. The van der Waals surface area contributed by atoms with Gasteiger partial charge in [-0.3, -0.25) is 4.79 Å². The van der Waals surface area contributed by atoms with Crippen molar-refractivity contribution in [3.05, 3.63) is 59.7 Å². The Morgan fingerprint density at radius 2 is 1.41 bits per heavy atom. The molecule has 7 heteroatoms. The molecular weight excluding hydrogens is 408 g/mol. The van der Waals surface area contributed by atoms with Crippen LogP contribution in [0.3, 0.4) is 0 Å². The van der Waals surface area contributed by atoms with Crippen molar-refractivity contribution >= 4 is 18.0 Å². The van der Waals surface area contributed by atoms with Gasteiger partial charge in [0.1, 0.15) is 24.3 Å². The van der Waals surface area contributed by atoms with Crippen molar-refractivity contribution in [2.24, 2.45) is 0 Å². The van der Waals surface area contributed by atoms with Gasteiger partial charge in [0.15, 0.2) is 0 Å². The van der Waals surface area contributed by atoms with E-state index in [9.17, 15) is 14.4 Å². The molecule has 0 bridgehead atoms. The number of nitrogens with one attached hydrogen (secondary N) is 2. The maximum absolute atomic E-state index is 12.4. The Morgan fingerprint density at radius 3 is 1.94 bits per heavy atom. The predicted octanol–water partition coefficient (Wildman–Crippen LogP) is 3.76. The van der Waals surface area contributed by atoms with E-state index in [4.69, 9.17) is 9.47 Å². The fourth-order valence-corrected chi connectivity index (χ4v) is 3.67. The van der Waals surface area contributed by atoms with Crippen molar-refractivity contribution in [1.82, 2.24) is 10.6 Å². The van der Waals surface area contributed by atoms with Crippen molar-refractivity contribution < 1.29 is 23.9 Å². The molecular formula is C25H30N2O5. The summed E-state index contributed by atoms with van der Waals surface area (Å²) in [5.41, 5.74) is 3.85. The highest BCUT2D eigenvalue weighted by atomic mass is 16.6. The van der Waals surface area contributed by atoms with Gasteiger partial charge in [-0.25, -0.2) is 9.59 Å². The summed E-state index contributed by atoms with van der Waals surface area (Å²) >= 11 is 0. The van der Waals surface area contributed by atoms with Gasteiger partial charge >= 0.3 is 12.1 Å². The van der Waals surface area contributed by atoms with E-state index in [1.165, 1.54) is 13.8 Å². The number of alkyl carbamates (subject to hydrolysis) is 1. The van der Waals surface area contributed by atoms with E-state index in [1.807, 2.05) is 36.4 Å². The number of hydrogen-bond acceptors (Lipinski definition) is 5. The first-order valence-corrected chi connectivity index (χ1v) is 10.7. The molecule has 0 saturated heterocycles. The van der Waals surface area contributed by atoms with Crippen LogP contribution in [0, 0.1) is 0 Å². The van der Waals surface area contributed by atoms with E-state index >= 15 is 0 Å². The predicted molar refractivity (Wildman–Crippen MR) is 121 cm³/mol. The van der Waals surface area contributed by atoms with E-state index in [0.717, 1.165) is 22.3 Å². The number of hydrogen-bond donors (Lipinski definition) is 2. The summed E-state index contributed by atoms with van der Waals surface area (Å²) in [6, 6.07) is 14.4. The summed E-state index contributed by atoms with van der Waals surface area (Å²) in [6.07, 6.45) is -0.695. The summed E-state index contributed by atoms with van der Waals surface area (Å²) in [5, 5.41) is 5.07. The molecule has 0 fully saturated rings. The average molecular weight is 439 g/mol. The fraction of sp³-hybridized carbons (Fsp3) is 0.400. The van der Waals surface area contributed by atoms with Gasteiger partial charge in [-0.15, -0.1) is 0 Å². The maximum atomic E-state index is 12.4. The lowest BCUT2D eigenvalue weighted by molar-refractivity contribution is -0.158. The van der Waals surface area contributed by atoms with Crippen LogP contribution < -0.4 is 10.6 Å². The molecule has 0 saturated carbocycles. The lowest BCUT2D eigenvalue weighted by atomic mass is 9.98. The van der Waals surface area contributed by atoms with Gasteiger partial charge in [0.25, 0.3) is 0 Å². The fourth-order valence-electron chi connectivity index (χ4n) is 3.67. The Labute approximate surface area is 188 Å². The summed E-state index contributed by atoms with van der Waals surface area (Å²) in [7, 11) is 0. The molecule has 2 N–H and O–H groups in total. The number of amides is 2. The smallest absolute Gasteiger partial charge is 0.407 e. The minimum Gasteiger partial charge on any atom is -0.458 e. The summed E-state index contributed by atoms with van der Waals surface area (Å²) in [6.45, 7) is 8.47. The monoisotopic (exact) mass is 438 g/mol. The van der Waals surface area contributed by atoms with Crippen LogP contribution in [0.25, 0.3) is 11.1 Å². The molecule has 170 valence electrons. The average Bonchev–Trinajstić information content (AvgIpc) is 3.04. The van der Waals surface area contributed by atoms with Crippen LogP contribution in [-0.2, 0) is 19.1 Å². The number of carbonyl (C=O) groups is 3. The zero-order valence-corrected chi connectivity index (χ0v) is 19.1. The second kappa shape index (κ2) is 9.42. The molecule has 0 spiro atoms. The Kier molecular flexibility index (Phi) is 6.87. The Morgan fingerprint density at radius 1 is 0.875 bits per heavy atom. The summed E-state index contributed by atoms with van der Waals surface area (Å²) in [4.78, 5) is 36.7. The van der Waals surface area contributed by atoms with E-state index in [0.29, 0.717) is 0 Å². The van der Waals surface area contributed by atoms with Gasteiger partial charge in [0, 0.05) is 5.92 Å². The zero-order chi connectivity index (χ0) is 23.5. The van der Waals surface area contributed by atoms with Gasteiger partial charge < -0.3 is 20.1 Å². The van der Waals surface area contributed by atoms with Crippen LogP contribution in [0.4, 0.5) is 4.79 Å². The highest BCUT2D eigenvalue weighted by Crippen LogP contribution is 2.44. The largest absolute Gasteiger partial charge is 0.458 e. The molecule has 0 heterocycles. The van der Waals surface area contributed by atoms with Crippen molar-refractivity contribution in [2.45, 2.75) is 58.2 Å². The topological polar surface area (TPSA) is 93.7 Å². The van der Waals surface area contributed by atoms with E-state index in [-0.39, 0.29) is 12.5 Å². The van der Waals surface area contributed by atoms with Crippen LogP contribution in [-0.4, -0.2) is 42.3 Å². The molecule has 7 nitrogen and oxygen atoms in total. The van der Waals surface area contributed by atoms with Crippen molar-refractivity contribution in [3.8, 4) is 11.1 Å². The standard InChI is InChI=1S/C25H30N2O5/c1-15(22(28)26-16(2)23(29)32-25(3,4)5)27-24(30)31-14-21-19-12-8-6-10-17(19)18-11-7-9-13-20(18)21/h6-13,15-16,21H,14H2,1-5H3,(H,26,28)(H,27,30)/t15-,16-/m0/s1. The SMILES string of the molecule is C[C@H](NC(=O)OCC1c2ccccc2-c2ccccc21)C(=O)N[C@@H](C)C(=O)OC(C)(C)C. The molecule has 0 aromatic heterocycles. The van der Waals surface area contributed by atoms with Crippen molar-refractivity contribution in [1.29, 1.82) is 0 Å². The van der Waals surface area contributed by atoms with Crippen LogP contribution in [0.15, 0.2) is 48.5 Å². The third-order valence-corrected chi connectivity index (χ3v) is 5.19. The van der Waals surface area contributed by atoms with Crippen LogP contribution in [0.2, 0.25) is 0 Å². The lowest BCUT2D eigenvalue weighted by Crippen LogP contribution is -2.50. The molecule has 0 unspecified atom stereocenters. The minimum absolute atomic E-state index is 0.0653. The third-order valence-electron chi connectivity index (χ3n) is 5.19. The lowest BCUT2D eigenvalue weighted by Gasteiger charge is -2.23. The molecule has 2 atom stereocenters. The number of rotatable bonds is 6. The second-order valence-electron chi connectivity index (χ2n) is 8.96. The molecule has 32 heavy (non-hydrogen) atoms. The Bertz CT molecular complexity index is 966. The number of carbonyl (C=O) groups excluding carboxylic acids is 3. The first kappa shape index (κ1) is 23.3. The van der Waals surface area contributed by atoms with Crippen LogP contribution in [0.5, 0.6) is 0 Å². The molecule has 2 amide bonds. The molecule has 1 aliphatic rings. The maximum Gasteiger partial charge on any atom is 0.407 e. The van der Waals surface area contributed by atoms with Crippen LogP contribution >= 0.6 is 0 Å². The van der Waals surface area contributed by atoms with E-state index in [1.54, 1.807) is 20.8 Å². The van der Waals surface area contributed by atoms with Crippen LogP contribution in [0.1, 0.15) is 51.7 Å². The van der Waals surface area contributed by atoms with Gasteiger partial charge in [0.2, 0.25) is 5.91 Å². The molecule has 2 aromatic rings. The Balaban J connectivity index is 1.54. The molecule has 0 aliphatic heterocycles. The molecule has 2 aromatic carbocycles. The Hall–Kier alpha value is -3.35. The number of fused-ring (bicyclic) bond motifs is 3. The quantitative estimate of drug-likeness (QED) is 0.670. The first-order chi connectivity index (χ1) is 15.1. The third kappa shape index (κ3) is 5.46. The molecule has 3 rings (SSSR count). The zero-order valence-electron chi connectivity index (χ0n) is 19.1. The number of esters is 1. The number of ether oxygens (including phenoxy) is 2. The second-order valence-corrected chi connectivity index (χ2v) is 8.96.